The van der Waals surface area contributed by atoms with Gasteiger partial charge < -0.3 is 20.3 Å². The van der Waals surface area contributed by atoms with Crippen LogP contribution in [0.2, 0.25) is 15.1 Å². The maximum Gasteiger partial charge on any atom is 0.471 e. The first kappa shape index (κ1) is 28.1. The van der Waals surface area contributed by atoms with Gasteiger partial charge in [0.15, 0.2) is 0 Å². The van der Waals surface area contributed by atoms with Crippen LogP contribution in [-0.2, 0) is 9.59 Å². The lowest BCUT2D eigenvalue weighted by atomic mass is 10.00. The van der Waals surface area contributed by atoms with Crippen LogP contribution in [-0.4, -0.2) is 59.2 Å². The van der Waals surface area contributed by atoms with Crippen LogP contribution >= 0.6 is 58.0 Å². The third-order valence-corrected chi connectivity index (χ3v) is 8.29. The van der Waals surface area contributed by atoms with Crippen LogP contribution in [0.5, 0.6) is 0 Å². The lowest BCUT2D eigenvalue weighted by molar-refractivity contribution is -0.190. The predicted molar refractivity (Wildman–Crippen MR) is 136 cm³/mol. The average molecular weight is 618 g/mol. The van der Waals surface area contributed by atoms with Gasteiger partial charge in [0.1, 0.15) is 10.6 Å². The van der Waals surface area contributed by atoms with E-state index in [1.165, 1.54) is 18.2 Å². The fourth-order valence-corrected chi connectivity index (χ4v) is 6.09. The van der Waals surface area contributed by atoms with E-state index in [-0.39, 0.29) is 30.2 Å². The number of nitrogens with zero attached hydrogens (tertiary/aromatic N) is 1. The summed E-state index contributed by atoms with van der Waals surface area (Å²) in [4.78, 5) is 36.7. The van der Waals surface area contributed by atoms with E-state index >= 15 is 0 Å². The standard InChI is InChI=1S/C23H17Cl5F3N3O3/c24-12-3-11(4-13(25)5-12)18-21(10-35,22(18,27)28)9-32-14-1-2-17(26)16(6-14)19(36)33-15-7-34(8-15)20(37)23(29,30)31/h1-6,10,15,18,32H,7-9H2,(H,33,36). The predicted octanol–water partition coefficient (Wildman–Crippen LogP) is 5.72. The van der Waals surface area contributed by atoms with E-state index in [0.29, 0.717) is 32.5 Å². The number of aldehydes is 1. The molecule has 4 rings (SSSR count). The van der Waals surface area contributed by atoms with Gasteiger partial charge in [-0.3, -0.25) is 9.59 Å². The van der Waals surface area contributed by atoms with Crippen molar-refractivity contribution in [3.8, 4) is 0 Å². The minimum atomic E-state index is -4.97. The van der Waals surface area contributed by atoms with Gasteiger partial charge in [0.2, 0.25) is 0 Å². The molecular formula is C23H17Cl5F3N3O3. The SMILES string of the molecule is O=CC1(CNc2ccc(Cl)c(C(=O)NC3CN(C(=O)C(F)(F)F)C3)c2)C(c2cc(Cl)cc(Cl)c2)C1(Cl)Cl. The zero-order valence-electron chi connectivity index (χ0n) is 18.5. The molecule has 6 nitrogen and oxygen atoms in total. The smallest absolute Gasteiger partial charge is 0.384 e. The number of carbonyl (C=O) groups is 3. The number of rotatable bonds is 7. The van der Waals surface area contributed by atoms with Crippen LogP contribution in [0, 0.1) is 5.41 Å². The molecule has 1 aliphatic heterocycles. The molecule has 1 saturated carbocycles. The third kappa shape index (κ3) is 5.34. The minimum Gasteiger partial charge on any atom is -0.384 e. The van der Waals surface area contributed by atoms with E-state index < -0.39 is 39.7 Å². The molecule has 2 aromatic rings. The van der Waals surface area contributed by atoms with Crippen molar-refractivity contribution in [2.45, 2.75) is 22.5 Å². The fourth-order valence-electron chi connectivity index (χ4n) is 4.37. The van der Waals surface area contributed by atoms with E-state index in [4.69, 9.17) is 58.0 Å². The Morgan fingerprint density at radius 2 is 1.68 bits per heavy atom. The van der Waals surface area contributed by atoms with Crippen molar-refractivity contribution < 1.29 is 27.6 Å². The Morgan fingerprint density at radius 3 is 2.24 bits per heavy atom. The molecule has 0 bridgehead atoms. The summed E-state index contributed by atoms with van der Waals surface area (Å²) in [6, 6.07) is 8.57. The third-order valence-electron chi connectivity index (χ3n) is 6.39. The van der Waals surface area contributed by atoms with Gasteiger partial charge in [0.25, 0.3) is 5.91 Å². The van der Waals surface area contributed by atoms with Crippen LogP contribution < -0.4 is 10.6 Å². The molecule has 2 aromatic carbocycles. The zero-order valence-corrected chi connectivity index (χ0v) is 22.3. The van der Waals surface area contributed by atoms with Crippen LogP contribution in [0.4, 0.5) is 18.9 Å². The number of nitrogens with one attached hydrogen (secondary N) is 2. The topological polar surface area (TPSA) is 78.5 Å². The van der Waals surface area contributed by atoms with Gasteiger partial charge in [0, 0.05) is 41.3 Å². The molecule has 2 aliphatic rings. The second-order valence-electron chi connectivity index (χ2n) is 8.84. The Bertz CT molecular complexity index is 1250. The number of alkyl halides is 5. The van der Waals surface area contributed by atoms with Crippen molar-refractivity contribution in [3.05, 3.63) is 62.6 Å². The molecule has 2 N–H and O–H groups in total. The lowest BCUT2D eigenvalue weighted by Gasteiger charge is -2.39. The molecule has 2 amide bonds. The molecule has 2 unspecified atom stereocenters. The molecule has 2 fully saturated rings. The highest BCUT2D eigenvalue weighted by molar-refractivity contribution is 6.54. The van der Waals surface area contributed by atoms with Gasteiger partial charge in [-0.15, -0.1) is 0 Å². The molecule has 37 heavy (non-hydrogen) atoms. The number of benzene rings is 2. The highest BCUT2D eigenvalue weighted by Crippen LogP contribution is 2.73. The van der Waals surface area contributed by atoms with E-state index in [0.717, 1.165) is 0 Å². The van der Waals surface area contributed by atoms with Crippen molar-refractivity contribution in [2.75, 3.05) is 25.0 Å². The molecule has 2 atom stereocenters. The molecule has 1 heterocycles. The van der Waals surface area contributed by atoms with Gasteiger partial charge in [-0.05, 0) is 42.0 Å². The fraction of sp³-hybridized carbons (Fsp3) is 0.348. The summed E-state index contributed by atoms with van der Waals surface area (Å²) in [5.41, 5.74) is -0.181. The molecule has 14 heteroatoms. The highest BCUT2D eigenvalue weighted by Gasteiger charge is 2.76. The number of hydrogen-bond acceptors (Lipinski definition) is 4. The van der Waals surface area contributed by atoms with Gasteiger partial charge in [0.05, 0.1) is 22.0 Å². The van der Waals surface area contributed by atoms with Crippen LogP contribution in [0.25, 0.3) is 0 Å². The molecule has 0 radical (unpaired) electrons. The molecule has 1 saturated heterocycles. The van der Waals surface area contributed by atoms with Gasteiger partial charge >= 0.3 is 12.1 Å². The number of carbonyl (C=O) groups excluding carboxylic acids is 3. The number of hydrogen-bond donors (Lipinski definition) is 2. The molecule has 198 valence electrons. The van der Waals surface area contributed by atoms with Crippen molar-refractivity contribution >= 4 is 81.8 Å². The zero-order chi connectivity index (χ0) is 27.3. The Kier molecular flexibility index (Phi) is 7.60. The van der Waals surface area contributed by atoms with E-state index in [1.54, 1.807) is 18.2 Å². The number of likely N-dealkylation sites (tertiary alicyclic amines) is 1. The van der Waals surface area contributed by atoms with Gasteiger partial charge in [-0.25, -0.2) is 0 Å². The van der Waals surface area contributed by atoms with E-state index in [2.05, 4.69) is 10.6 Å². The van der Waals surface area contributed by atoms with Crippen molar-refractivity contribution in [1.29, 1.82) is 0 Å². The van der Waals surface area contributed by atoms with Crippen molar-refractivity contribution in [2.24, 2.45) is 5.41 Å². The average Bonchev–Trinajstić information content (AvgIpc) is 3.28. The molecule has 1 aliphatic carbocycles. The summed E-state index contributed by atoms with van der Waals surface area (Å²) in [5.74, 6) is -3.20. The lowest BCUT2D eigenvalue weighted by Crippen LogP contribution is -2.63. The molecule has 0 aromatic heterocycles. The van der Waals surface area contributed by atoms with E-state index in [9.17, 15) is 27.6 Å². The van der Waals surface area contributed by atoms with Gasteiger partial charge in [-0.2, -0.15) is 13.2 Å². The Morgan fingerprint density at radius 1 is 1.05 bits per heavy atom. The monoisotopic (exact) mass is 615 g/mol. The summed E-state index contributed by atoms with van der Waals surface area (Å²) in [6.45, 7) is -0.550. The minimum absolute atomic E-state index is 0.00186. The van der Waals surface area contributed by atoms with E-state index in [1.807, 2.05) is 0 Å². The summed E-state index contributed by atoms with van der Waals surface area (Å²) < 4.78 is 36.1. The van der Waals surface area contributed by atoms with Crippen LogP contribution in [0.15, 0.2) is 36.4 Å². The first-order valence-corrected chi connectivity index (χ1v) is 12.6. The maximum atomic E-state index is 12.7. The van der Waals surface area contributed by atoms with Crippen molar-refractivity contribution in [3.63, 3.8) is 0 Å². The maximum absolute atomic E-state index is 12.7. The van der Waals surface area contributed by atoms with Gasteiger partial charge in [-0.1, -0.05) is 58.0 Å². The first-order valence-electron chi connectivity index (χ1n) is 10.7. The number of anilines is 1. The second-order valence-corrected chi connectivity index (χ2v) is 11.5. The summed E-state index contributed by atoms with van der Waals surface area (Å²) in [7, 11) is 0. The number of halogens is 8. The Hall–Kier alpha value is -1.91. The Balaban J connectivity index is 1.43. The second kappa shape index (κ2) is 10.0. The normalized spacial score (nSPS) is 22.7. The Labute approximate surface area is 234 Å². The molecule has 0 spiro atoms. The largest absolute Gasteiger partial charge is 0.471 e. The van der Waals surface area contributed by atoms with Crippen molar-refractivity contribution in [1.82, 2.24) is 10.2 Å². The quantitative estimate of drug-likeness (QED) is 0.308. The molecular weight excluding hydrogens is 601 g/mol. The van der Waals surface area contributed by atoms with Crippen LogP contribution in [0.3, 0.4) is 0 Å². The number of amides is 2. The summed E-state index contributed by atoms with van der Waals surface area (Å²) in [6.07, 6.45) is -4.31. The van der Waals surface area contributed by atoms with Crippen LogP contribution in [0.1, 0.15) is 21.8 Å². The highest BCUT2D eigenvalue weighted by atomic mass is 35.5. The summed E-state index contributed by atoms with van der Waals surface area (Å²) >= 11 is 31.3. The summed E-state index contributed by atoms with van der Waals surface area (Å²) in [5, 5.41) is 6.40. The first-order chi connectivity index (χ1) is 17.2.